The molecule has 0 amide bonds. The molecule has 0 aromatic carbocycles. The first-order valence-electron chi connectivity index (χ1n) is 5.75. The summed E-state index contributed by atoms with van der Waals surface area (Å²) in [4.78, 5) is 32.6. The van der Waals surface area contributed by atoms with Crippen LogP contribution < -0.4 is 0 Å². The molecule has 116 valence electrons. The molecule has 0 saturated heterocycles. The monoisotopic (exact) mass is 294 g/mol. The van der Waals surface area contributed by atoms with E-state index in [1.54, 1.807) is 21.1 Å². The number of hydrogen-bond donors (Lipinski definition) is 4. The number of carbonyl (C=O) groups excluding carboxylic acids is 1. The summed E-state index contributed by atoms with van der Waals surface area (Å²) in [5, 5.41) is 35.5. The van der Waals surface area contributed by atoms with Gasteiger partial charge < -0.3 is 29.6 Å². The molecular formula is C11H20NO8+. The zero-order valence-electron chi connectivity index (χ0n) is 11.5. The zero-order valence-corrected chi connectivity index (χ0v) is 11.5. The minimum absolute atomic E-state index is 0.147. The number of carbonyl (C=O) groups is 3. The Balaban J connectivity index is 4.76. The molecule has 0 rings (SSSR count). The van der Waals surface area contributed by atoms with Gasteiger partial charge in [0.1, 0.15) is 6.54 Å². The number of aliphatic carboxylic acids is 2. The summed E-state index contributed by atoms with van der Waals surface area (Å²) >= 11 is 0. The van der Waals surface area contributed by atoms with Gasteiger partial charge in [-0.2, -0.15) is 0 Å². The van der Waals surface area contributed by atoms with E-state index in [1.165, 1.54) is 0 Å². The number of rotatable bonds is 8. The summed E-state index contributed by atoms with van der Waals surface area (Å²) in [5.41, 5.74) is 0. The predicted molar refractivity (Wildman–Crippen MR) is 64.7 cm³/mol. The molecule has 0 fully saturated rings. The second kappa shape index (κ2) is 7.17. The van der Waals surface area contributed by atoms with Crippen molar-refractivity contribution >= 4 is 17.9 Å². The average molecular weight is 294 g/mol. The second-order valence-corrected chi connectivity index (χ2v) is 5.36. The van der Waals surface area contributed by atoms with Crippen molar-refractivity contribution in [2.24, 2.45) is 0 Å². The molecule has 0 aromatic heterocycles. The highest BCUT2D eigenvalue weighted by molar-refractivity contribution is 5.84. The lowest BCUT2D eigenvalue weighted by molar-refractivity contribution is -0.873. The van der Waals surface area contributed by atoms with Crippen molar-refractivity contribution in [2.45, 2.75) is 24.7 Å². The van der Waals surface area contributed by atoms with E-state index in [2.05, 4.69) is 0 Å². The van der Waals surface area contributed by atoms with Crippen molar-refractivity contribution in [1.29, 1.82) is 0 Å². The number of aliphatic hydroxyl groups excluding tert-OH is 2. The van der Waals surface area contributed by atoms with Crippen LogP contribution in [-0.2, 0) is 19.1 Å². The van der Waals surface area contributed by atoms with Gasteiger partial charge in [-0.25, -0.2) is 9.59 Å². The first-order valence-corrected chi connectivity index (χ1v) is 5.75. The highest BCUT2D eigenvalue weighted by Gasteiger charge is 2.34. The van der Waals surface area contributed by atoms with Crippen LogP contribution in [0.4, 0.5) is 0 Å². The minimum atomic E-state index is -2.32. The van der Waals surface area contributed by atoms with Gasteiger partial charge >= 0.3 is 17.9 Å². The number of ether oxygens (including phenoxy) is 1. The molecule has 0 heterocycles. The van der Waals surface area contributed by atoms with Gasteiger partial charge in [-0.1, -0.05) is 0 Å². The summed E-state index contributed by atoms with van der Waals surface area (Å²) < 4.78 is 5.06. The fourth-order valence-corrected chi connectivity index (χ4v) is 1.45. The van der Waals surface area contributed by atoms with Gasteiger partial charge in [0.15, 0.2) is 18.3 Å². The number of hydrogen-bond acceptors (Lipinski definition) is 6. The Morgan fingerprint density at radius 1 is 1.05 bits per heavy atom. The van der Waals surface area contributed by atoms with Crippen molar-refractivity contribution in [3.05, 3.63) is 0 Å². The third kappa shape index (κ3) is 7.02. The molecular weight excluding hydrogens is 274 g/mol. The lowest BCUT2D eigenvalue weighted by atomic mass is 10.2. The SMILES string of the molecule is C[N+](C)(C)C[C@H](CC(=O)O)OC(=O)[C@H](O)[C@@H](O)C(=O)O. The molecule has 0 bridgehead atoms. The predicted octanol–water partition coefficient (Wildman–Crippen LogP) is -2.11. The van der Waals surface area contributed by atoms with Gasteiger partial charge in [-0.05, 0) is 0 Å². The summed E-state index contributed by atoms with van der Waals surface area (Å²) in [7, 11) is 5.22. The number of esters is 1. The van der Waals surface area contributed by atoms with Crippen molar-refractivity contribution in [2.75, 3.05) is 27.7 Å². The van der Waals surface area contributed by atoms with Gasteiger partial charge in [0, 0.05) is 0 Å². The zero-order chi connectivity index (χ0) is 16.1. The van der Waals surface area contributed by atoms with Crippen LogP contribution >= 0.6 is 0 Å². The Kier molecular flexibility index (Phi) is 6.56. The third-order valence-corrected chi connectivity index (χ3v) is 2.23. The van der Waals surface area contributed by atoms with Gasteiger partial charge in [-0.15, -0.1) is 0 Å². The Labute approximate surface area is 115 Å². The summed E-state index contributed by atoms with van der Waals surface area (Å²) in [6, 6.07) is 0. The van der Waals surface area contributed by atoms with E-state index in [0.717, 1.165) is 0 Å². The first-order chi connectivity index (χ1) is 8.94. The maximum absolute atomic E-state index is 11.5. The van der Waals surface area contributed by atoms with E-state index < -0.39 is 42.6 Å². The van der Waals surface area contributed by atoms with Crippen LogP contribution in [0.25, 0.3) is 0 Å². The molecule has 9 nitrogen and oxygen atoms in total. The van der Waals surface area contributed by atoms with E-state index in [9.17, 15) is 19.5 Å². The molecule has 0 unspecified atom stereocenters. The minimum Gasteiger partial charge on any atom is -0.481 e. The van der Waals surface area contributed by atoms with Crippen LogP contribution in [0.15, 0.2) is 0 Å². The van der Waals surface area contributed by atoms with Gasteiger partial charge in [-0.3, -0.25) is 4.79 Å². The van der Waals surface area contributed by atoms with E-state index >= 15 is 0 Å². The number of carboxylic acids is 2. The van der Waals surface area contributed by atoms with Gasteiger partial charge in [0.2, 0.25) is 0 Å². The normalized spacial score (nSPS) is 16.1. The lowest BCUT2D eigenvalue weighted by Crippen LogP contribution is -2.47. The average Bonchev–Trinajstić information content (AvgIpc) is 2.23. The molecule has 20 heavy (non-hydrogen) atoms. The molecule has 0 radical (unpaired) electrons. The fraction of sp³-hybridized carbons (Fsp3) is 0.727. The fourth-order valence-electron chi connectivity index (χ4n) is 1.45. The number of likely N-dealkylation sites (N-methyl/N-ethyl adjacent to an activating group) is 1. The smallest absolute Gasteiger partial charge is 0.338 e. The summed E-state index contributed by atoms with van der Waals surface area (Å²) in [6.07, 6.45) is -6.12. The summed E-state index contributed by atoms with van der Waals surface area (Å²) in [6.45, 7) is 0.147. The van der Waals surface area contributed by atoms with E-state index in [1.807, 2.05) is 0 Å². The molecule has 0 aliphatic heterocycles. The van der Waals surface area contributed by atoms with E-state index in [0.29, 0.717) is 4.48 Å². The number of quaternary nitrogens is 1. The number of carboxylic acid groups (broad SMARTS) is 2. The topological polar surface area (TPSA) is 141 Å². The number of nitrogens with zero attached hydrogens (tertiary/aromatic N) is 1. The van der Waals surface area contributed by atoms with Gasteiger partial charge in [0.25, 0.3) is 0 Å². The molecule has 0 spiro atoms. The van der Waals surface area contributed by atoms with Crippen LogP contribution in [-0.4, -0.2) is 88.8 Å². The van der Waals surface area contributed by atoms with Crippen LogP contribution in [0.2, 0.25) is 0 Å². The van der Waals surface area contributed by atoms with Crippen molar-refractivity contribution in [1.82, 2.24) is 0 Å². The molecule has 9 heteroatoms. The van der Waals surface area contributed by atoms with Crippen LogP contribution in [0, 0.1) is 0 Å². The molecule has 4 N–H and O–H groups in total. The highest BCUT2D eigenvalue weighted by atomic mass is 16.6. The standard InChI is InChI=1S/C11H19NO8/c1-12(2,3)5-6(4-7(13)14)20-11(19)9(16)8(15)10(17)18/h6,8-9,15-16H,4-5H2,1-3H3,(H-,13,14,17,18)/p+1/t6-,8+,9+/m0/s1. The maximum Gasteiger partial charge on any atom is 0.338 e. The lowest BCUT2D eigenvalue weighted by Gasteiger charge is -2.29. The van der Waals surface area contributed by atoms with Gasteiger partial charge in [0.05, 0.1) is 27.6 Å². The van der Waals surface area contributed by atoms with Crippen LogP contribution in [0.3, 0.4) is 0 Å². The molecule has 0 aliphatic rings. The van der Waals surface area contributed by atoms with Crippen LogP contribution in [0.5, 0.6) is 0 Å². The molecule has 0 saturated carbocycles. The molecule has 0 aliphatic carbocycles. The highest BCUT2D eigenvalue weighted by Crippen LogP contribution is 2.08. The molecule has 0 aromatic rings. The quantitative estimate of drug-likeness (QED) is 0.294. The number of aliphatic hydroxyl groups is 2. The molecule has 3 atom stereocenters. The van der Waals surface area contributed by atoms with E-state index in [-0.39, 0.29) is 6.54 Å². The van der Waals surface area contributed by atoms with Crippen molar-refractivity contribution < 1.29 is 44.0 Å². The Morgan fingerprint density at radius 2 is 1.55 bits per heavy atom. The van der Waals surface area contributed by atoms with Crippen LogP contribution in [0.1, 0.15) is 6.42 Å². The Hall–Kier alpha value is -1.71. The Morgan fingerprint density at radius 3 is 1.90 bits per heavy atom. The first kappa shape index (κ1) is 18.3. The second-order valence-electron chi connectivity index (χ2n) is 5.36. The summed E-state index contributed by atoms with van der Waals surface area (Å²) in [5.74, 6) is -4.36. The third-order valence-electron chi connectivity index (χ3n) is 2.23. The van der Waals surface area contributed by atoms with E-state index in [4.69, 9.17) is 20.1 Å². The maximum atomic E-state index is 11.5. The van der Waals surface area contributed by atoms with Crippen molar-refractivity contribution in [3.8, 4) is 0 Å². The van der Waals surface area contributed by atoms with Crippen molar-refractivity contribution in [3.63, 3.8) is 0 Å². The largest absolute Gasteiger partial charge is 0.481 e. The Bertz CT molecular complexity index is 375.